The van der Waals surface area contributed by atoms with Gasteiger partial charge in [0.1, 0.15) is 0 Å². The van der Waals surface area contributed by atoms with Crippen molar-refractivity contribution in [3.8, 4) is 22.7 Å². The van der Waals surface area contributed by atoms with Crippen molar-refractivity contribution in [3.05, 3.63) is 104 Å². The Kier molecular flexibility index (Phi) is 9.82. The van der Waals surface area contributed by atoms with Gasteiger partial charge in [-0.05, 0) is 71.0 Å². The fourth-order valence-corrected chi connectivity index (χ4v) is 5.00. The molecular formula is C33H30ClF2N3O6. The quantitative estimate of drug-likeness (QED) is 0.188. The second-order valence-electron chi connectivity index (χ2n) is 11.2. The van der Waals surface area contributed by atoms with E-state index < -0.39 is 29.2 Å². The highest BCUT2D eigenvalue weighted by Crippen LogP contribution is 2.35. The van der Waals surface area contributed by atoms with Crippen LogP contribution in [0.25, 0.3) is 16.8 Å². The summed E-state index contributed by atoms with van der Waals surface area (Å²) >= 11 is 6.14. The summed E-state index contributed by atoms with van der Waals surface area (Å²) in [7, 11) is 1.30. The van der Waals surface area contributed by atoms with Crippen molar-refractivity contribution >= 4 is 34.9 Å². The molecule has 0 bridgehead atoms. The number of ether oxygens (including phenoxy) is 1. The molecule has 45 heavy (non-hydrogen) atoms. The number of carbonyl (C=O) groups excluding carboxylic acids is 2. The number of rotatable bonds is 10. The highest BCUT2D eigenvalue weighted by atomic mass is 35.5. The average molecular weight is 638 g/mol. The zero-order chi connectivity index (χ0) is 33.1. The van der Waals surface area contributed by atoms with Crippen molar-refractivity contribution in [3.63, 3.8) is 0 Å². The van der Waals surface area contributed by atoms with E-state index in [1.807, 2.05) is 32.9 Å². The van der Waals surface area contributed by atoms with Gasteiger partial charge in [0.2, 0.25) is 17.6 Å². The first kappa shape index (κ1) is 33.0. The van der Waals surface area contributed by atoms with E-state index in [0.29, 0.717) is 16.9 Å². The number of carboxylic acids is 1. The van der Waals surface area contributed by atoms with Gasteiger partial charge in [0.15, 0.2) is 0 Å². The minimum atomic E-state index is -3.29. The highest BCUT2D eigenvalue weighted by Gasteiger charge is 2.27. The predicted molar refractivity (Wildman–Crippen MR) is 166 cm³/mol. The van der Waals surface area contributed by atoms with Crippen molar-refractivity contribution in [2.75, 3.05) is 12.4 Å². The SMILES string of the molecule is COc1nn(-c2c(CCC(=O)Nc3ccc(C(=O)O)cc3)cccc2C(C)(C)C)c(=O)cc1-c1cc(Cl)ccc1C(=O)C(F)F. The van der Waals surface area contributed by atoms with Gasteiger partial charge in [-0.2, -0.15) is 4.68 Å². The lowest BCUT2D eigenvalue weighted by Crippen LogP contribution is -2.27. The van der Waals surface area contributed by atoms with Crippen molar-refractivity contribution in [1.82, 2.24) is 9.78 Å². The fourth-order valence-electron chi connectivity index (χ4n) is 4.83. The lowest BCUT2D eigenvalue weighted by Gasteiger charge is -2.25. The van der Waals surface area contributed by atoms with Gasteiger partial charge in [-0.3, -0.25) is 14.4 Å². The number of benzene rings is 3. The number of methoxy groups -OCH3 is 1. The molecule has 0 saturated carbocycles. The summed E-state index contributed by atoms with van der Waals surface area (Å²) in [6, 6.07) is 16.1. The number of aromatic carboxylic acids is 1. The van der Waals surface area contributed by atoms with Crippen LogP contribution in [0.2, 0.25) is 5.02 Å². The molecule has 0 fully saturated rings. The summed E-state index contributed by atoms with van der Waals surface area (Å²) in [6.45, 7) is 5.86. The summed E-state index contributed by atoms with van der Waals surface area (Å²) in [6.07, 6.45) is -3.06. The topological polar surface area (TPSA) is 128 Å². The molecule has 3 aromatic carbocycles. The van der Waals surface area contributed by atoms with E-state index in [0.717, 1.165) is 22.4 Å². The molecule has 4 aromatic rings. The monoisotopic (exact) mass is 637 g/mol. The first-order valence-corrected chi connectivity index (χ1v) is 14.2. The van der Waals surface area contributed by atoms with Crippen LogP contribution < -0.4 is 15.6 Å². The van der Waals surface area contributed by atoms with Gasteiger partial charge < -0.3 is 15.2 Å². The lowest BCUT2D eigenvalue weighted by atomic mass is 9.84. The van der Waals surface area contributed by atoms with Crippen molar-refractivity contribution < 1.29 is 33.0 Å². The summed E-state index contributed by atoms with van der Waals surface area (Å²) in [5.41, 5.74) is 0.829. The number of aromatic nitrogens is 2. The molecule has 0 aliphatic heterocycles. The Morgan fingerprint density at radius 3 is 2.31 bits per heavy atom. The van der Waals surface area contributed by atoms with Crippen molar-refractivity contribution in [1.29, 1.82) is 0 Å². The zero-order valence-electron chi connectivity index (χ0n) is 24.9. The molecule has 4 rings (SSSR count). The Labute approximate surface area is 262 Å². The molecule has 0 saturated heterocycles. The Morgan fingerprint density at radius 2 is 1.71 bits per heavy atom. The molecule has 234 valence electrons. The van der Waals surface area contributed by atoms with Crippen LogP contribution >= 0.6 is 11.6 Å². The van der Waals surface area contributed by atoms with Gasteiger partial charge in [0.25, 0.3) is 5.56 Å². The van der Waals surface area contributed by atoms with E-state index >= 15 is 0 Å². The number of hydrogen-bond donors (Lipinski definition) is 2. The van der Waals surface area contributed by atoms with E-state index in [9.17, 15) is 28.0 Å². The van der Waals surface area contributed by atoms with Gasteiger partial charge in [0, 0.05) is 28.8 Å². The van der Waals surface area contributed by atoms with Crippen LogP contribution in [-0.4, -0.2) is 46.1 Å². The van der Waals surface area contributed by atoms with Crippen LogP contribution in [0.1, 0.15) is 59.0 Å². The summed E-state index contributed by atoms with van der Waals surface area (Å²) in [4.78, 5) is 50.0. The maximum Gasteiger partial charge on any atom is 0.335 e. The second-order valence-corrected chi connectivity index (χ2v) is 11.6. The average Bonchev–Trinajstić information content (AvgIpc) is 2.99. The highest BCUT2D eigenvalue weighted by molar-refractivity contribution is 6.31. The molecule has 0 spiro atoms. The molecule has 0 atom stereocenters. The van der Waals surface area contributed by atoms with Crippen LogP contribution in [0.4, 0.5) is 14.5 Å². The van der Waals surface area contributed by atoms with Crippen LogP contribution in [0, 0.1) is 0 Å². The molecule has 9 nitrogen and oxygen atoms in total. The number of carbonyl (C=O) groups is 3. The number of nitrogens with one attached hydrogen (secondary N) is 1. The number of carboxylic acid groups (broad SMARTS) is 1. The van der Waals surface area contributed by atoms with Crippen molar-refractivity contribution in [2.45, 2.75) is 45.5 Å². The third-order valence-electron chi connectivity index (χ3n) is 7.00. The zero-order valence-corrected chi connectivity index (χ0v) is 25.6. The van der Waals surface area contributed by atoms with E-state index in [1.165, 1.54) is 43.5 Å². The summed E-state index contributed by atoms with van der Waals surface area (Å²) in [5, 5.41) is 16.4. The number of Topliss-reactive ketones (excluding diaryl/α,β-unsaturated/α-hetero) is 1. The largest absolute Gasteiger partial charge is 0.480 e. The molecule has 2 N–H and O–H groups in total. The smallest absolute Gasteiger partial charge is 0.335 e. The van der Waals surface area contributed by atoms with E-state index in [1.54, 1.807) is 6.07 Å². The van der Waals surface area contributed by atoms with Gasteiger partial charge in [-0.25, -0.2) is 13.6 Å². The molecule has 0 unspecified atom stereocenters. The molecule has 0 radical (unpaired) electrons. The van der Waals surface area contributed by atoms with E-state index in [2.05, 4.69) is 10.4 Å². The number of halogens is 3. The van der Waals surface area contributed by atoms with Crippen LogP contribution in [0.3, 0.4) is 0 Å². The normalized spacial score (nSPS) is 11.4. The number of amides is 1. The standard InChI is InChI=1S/C33H30ClF2N3O6/c1-33(2,3)25-7-5-6-18(10-15-26(40)37-21-12-8-19(9-13-21)32(43)44)28(25)39-27(41)17-24(31(38-39)45-4)23-16-20(34)11-14-22(23)29(42)30(35)36/h5-9,11-14,16-17,30H,10,15H2,1-4H3,(H,37,40)(H,43,44). The summed E-state index contributed by atoms with van der Waals surface area (Å²) < 4.78 is 33.4. The molecule has 1 heterocycles. The number of alkyl halides is 2. The maximum absolute atomic E-state index is 13.7. The third-order valence-corrected chi connectivity index (χ3v) is 7.24. The first-order chi connectivity index (χ1) is 21.2. The Bertz CT molecular complexity index is 1830. The molecule has 12 heteroatoms. The minimum Gasteiger partial charge on any atom is -0.480 e. The number of hydrogen-bond acceptors (Lipinski definition) is 6. The second kappa shape index (κ2) is 13.4. The fraction of sp³-hybridized carbons (Fsp3) is 0.242. The van der Waals surface area contributed by atoms with Gasteiger partial charge >= 0.3 is 12.4 Å². The van der Waals surface area contributed by atoms with Crippen LogP contribution in [0.15, 0.2) is 71.5 Å². The van der Waals surface area contributed by atoms with Gasteiger partial charge in [0.05, 0.1) is 23.9 Å². The Balaban J connectivity index is 1.77. The molecule has 1 aromatic heterocycles. The molecule has 1 amide bonds. The molecule has 0 aliphatic carbocycles. The van der Waals surface area contributed by atoms with E-state index in [-0.39, 0.29) is 51.9 Å². The number of para-hydroxylation sites is 1. The van der Waals surface area contributed by atoms with Crippen LogP contribution in [0.5, 0.6) is 5.88 Å². The van der Waals surface area contributed by atoms with Gasteiger partial charge in [-0.15, -0.1) is 5.10 Å². The number of ketones is 1. The Morgan fingerprint density at radius 1 is 1.02 bits per heavy atom. The first-order valence-electron chi connectivity index (χ1n) is 13.8. The Hall–Kier alpha value is -4.90. The number of nitrogens with zero attached hydrogens (tertiary/aromatic N) is 2. The van der Waals surface area contributed by atoms with Crippen molar-refractivity contribution in [2.24, 2.45) is 0 Å². The third kappa shape index (κ3) is 7.43. The maximum atomic E-state index is 13.7. The van der Waals surface area contributed by atoms with Gasteiger partial charge in [-0.1, -0.05) is 50.6 Å². The molecule has 0 aliphatic rings. The number of anilines is 1. The lowest BCUT2D eigenvalue weighted by molar-refractivity contribution is -0.116. The number of aryl methyl sites for hydroxylation is 1. The van der Waals surface area contributed by atoms with E-state index in [4.69, 9.17) is 21.4 Å². The molecular weight excluding hydrogens is 608 g/mol. The minimum absolute atomic E-state index is 0.00772. The van der Waals surface area contributed by atoms with Crippen LogP contribution in [-0.2, 0) is 16.6 Å². The summed E-state index contributed by atoms with van der Waals surface area (Å²) in [5.74, 6) is -2.97. The predicted octanol–water partition coefficient (Wildman–Crippen LogP) is 6.58.